The summed E-state index contributed by atoms with van der Waals surface area (Å²) in [4.78, 5) is 10.0. The highest BCUT2D eigenvalue weighted by Crippen LogP contribution is 2.12. The van der Waals surface area contributed by atoms with Crippen molar-refractivity contribution in [1.29, 1.82) is 0 Å². The lowest BCUT2D eigenvalue weighted by atomic mass is 10.2. The number of ether oxygens (including phenoxy) is 1. The molecule has 0 unspecified atom stereocenters. The predicted octanol–water partition coefficient (Wildman–Crippen LogP) is 2.86. The van der Waals surface area contributed by atoms with E-state index in [1.165, 1.54) is 0 Å². The van der Waals surface area contributed by atoms with E-state index in [4.69, 9.17) is 11.6 Å². The van der Waals surface area contributed by atoms with Crippen LogP contribution in [0.3, 0.4) is 0 Å². The van der Waals surface area contributed by atoms with Crippen molar-refractivity contribution in [3.63, 3.8) is 0 Å². The lowest BCUT2D eigenvalue weighted by molar-refractivity contribution is -0.120. The fourth-order valence-electron chi connectivity index (χ4n) is 0.995. The molecule has 0 saturated heterocycles. The molecule has 0 aromatic heterocycles. The minimum atomic E-state index is 0.415. The number of hydrogen-bond donors (Lipinski definition) is 0. The van der Waals surface area contributed by atoms with E-state index < -0.39 is 0 Å². The first-order valence-electron chi connectivity index (χ1n) is 4.29. The third-order valence-corrected chi connectivity index (χ3v) is 1.87. The van der Waals surface area contributed by atoms with Crippen molar-refractivity contribution in [3.05, 3.63) is 35.9 Å². The zero-order valence-electron chi connectivity index (χ0n) is 7.65. The molecule has 74 valence electrons. The molecule has 0 aliphatic heterocycles. The van der Waals surface area contributed by atoms with Gasteiger partial charge in [-0.25, -0.2) is 0 Å². The highest BCUT2D eigenvalue weighted by Gasteiger charge is 1.91. The number of hydrogen-bond acceptors (Lipinski definition) is 2. The van der Waals surface area contributed by atoms with Crippen LogP contribution in [-0.4, -0.2) is 12.4 Å². The van der Waals surface area contributed by atoms with Gasteiger partial charge < -0.3 is 4.74 Å². The summed E-state index contributed by atoms with van der Waals surface area (Å²) in [5.41, 5.74) is 1.06. The van der Waals surface area contributed by atoms with Gasteiger partial charge in [-0.15, -0.1) is 11.6 Å². The van der Waals surface area contributed by atoms with Crippen LogP contribution in [0.25, 0.3) is 6.08 Å². The molecule has 0 aliphatic carbocycles. The van der Waals surface area contributed by atoms with Crippen molar-refractivity contribution < 1.29 is 9.53 Å². The smallest absolute Gasteiger partial charge is 0.298 e. The van der Waals surface area contributed by atoms with Crippen molar-refractivity contribution in [2.24, 2.45) is 0 Å². The quantitative estimate of drug-likeness (QED) is 0.552. The van der Waals surface area contributed by atoms with Crippen LogP contribution in [0.15, 0.2) is 30.3 Å². The summed E-state index contributed by atoms with van der Waals surface area (Å²) in [6.45, 7) is 0.415. The van der Waals surface area contributed by atoms with Gasteiger partial charge in [0.05, 0.1) is 0 Å². The number of alkyl halides is 1. The average molecular weight is 211 g/mol. The molecule has 0 amide bonds. The predicted molar refractivity (Wildman–Crippen MR) is 57.5 cm³/mol. The van der Waals surface area contributed by atoms with Gasteiger partial charge in [-0.2, -0.15) is 0 Å². The first kappa shape index (κ1) is 10.8. The van der Waals surface area contributed by atoms with Gasteiger partial charge in [-0.3, -0.25) is 4.79 Å². The minimum absolute atomic E-state index is 0.415. The fourth-order valence-corrected chi connectivity index (χ4v) is 1.12. The zero-order valence-corrected chi connectivity index (χ0v) is 8.41. The molecule has 1 aromatic rings. The van der Waals surface area contributed by atoms with Crippen LogP contribution >= 0.6 is 11.6 Å². The van der Waals surface area contributed by atoms with Gasteiger partial charge in [0.25, 0.3) is 6.47 Å². The van der Waals surface area contributed by atoms with Gasteiger partial charge in [-0.05, 0) is 24.1 Å². The maximum atomic E-state index is 10.0. The van der Waals surface area contributed by atoms with Crippen LogP contribution in [0.1, 0.15) is 12.0 Å². The van der Waals surface area contributed by atoms with Crippen molar-refractivity contribution >= 4 is 24.1 Å². The van der Waals surface area contributed by atoms with Crippen LogP contribution < -0.4 is 4.74 Å². The molecule has 0 fully saturated rings. The van der Waals surface area contributed by atoms with Gasteiger partial charge in [0.1, 0.15) is 5.75 Å². The Labute approximate surface area is 88.1 Å². The Morgan fingerprint density at radius 3 is 2.57 bits per heavy atom. The highest BCUT2D eigenvalue weighted by molar-refractivity contribution is 6.17. The molecule has 0 bridgehead atoms. The molecule has 0 atom stereocenters. The highest BCUT2D eigenvalue weighted by atomic mass is 35.5. The van der Waals surface area contributed by atoms with Gasteiger partial charge in [-0.1, -0.05) is 24.3 Å². The van der Waals surface area contributed by atoms with Crippen molar-refractivity contribution in [2.45, 2.75) is 6.42 Å². The molecule has 0 spiro atoms. The third-order valence-electron chi connectivity index (χ3n) is 1.65. The molecule has 3 heteroatoms. The number of benzene rings is 1. The van der Waals surface area contributed by atoms with Crippen LogP contribution in [0.2, 0.25) is 0 Å². The third kappa shape index (κ3) is 3.62. The average Bonchev–Trinajstić information content (AvgIpc) is 2.21. The fraction of sp³-hybridized carbons (Fsp3) is 0.182. The summed E-state index contributed by atoms with van der Waals surface area (Å²) in [7, 11) is 0. The topological polar surface area (TPSA) is 26.3 Å². The Kier molecular flexibility index (Phi) is 4.79. The first-order valence-corrected chi connectivity index (χ1v) is 4.83. The molecule has 0 heterocycles. The summed E-state index contributed by atoms with van der Waals surface area (Å²) in [5, 5.41) is 0. The second kappa shape index (κ2) is 6.22. The Bertz CT molecular complexity index is 304. The van der Waals surface area contributed by atoms with Crippen LogP contribution in [0.5, 0.6) is 5.75 Å². The van der Waals surface area contributed by atoms with Gasteiger partial charge >= 0.3 is 0 Å². The number of rotatable bonds is 5. The van der Waals surface area contributed by atoms with E-state index in [-0.39, 0.29) is 0 Å². The van der Waals surface area contributed by atoms with Crippen LogP contribution in [0, 0.1) is 0 Å². The minimum Gasteiger partial charge on any atom is -0.429 e. The summed E-state index contributed by atoms with van der Waals surface area (Å²) >= 11 is 5.52. The Morgan fingerprint density at radius 1 is 1.29 bits per heavy atom. The van der Waals surface area contributed by atoms with E-state index in [1.54, 1.807) is 12.1 Å². The molecule has 1 aromatic carbocycles. The van der Waals surface area contributed by atoms with E-state index in [2.05, 4.69) is 4.74 Å². The number of halogens is 1. The standard InChI is InChI=1S/C11H11ClO2/c12-8-2-1-3-10-4-6-11(7-5-10)14-9-13/h1,3-7,9H,2,8H2/b3-1-. The Hall–Kier alpha value is -1.28. The van der Waals surface area contributed by atoms with Gasteiger partial charge in [0.2, 0.25) is 0 Å². The molecule has 0 saturated carbocycles. The molecule has 0 radical (unpaired) electrons. The van der Waals surface area contributed by atoms with E-state index >= 15 is 0 Å². The molecular weight excluding hydrogens is 200 g/mol. The first-order chi connectivity index (χ1) is 6.86. The van der Waals surface area contributed by atoms with Crippen molar-refractivity contribution in [2.75, 3.05) is 5.88 Å². The maximum Gasteiger partial charge on any atom is 0.298 e. The van der Waals surface area contributed by atoms with Crippen molar-refractivity contribution in [1.82, 2.24) is 0 Å². The largest absolute Gasteiger partial charge is 0.429 e. The molecule has 0 aliphatic rings. The molecule has 14 heavy (non-hydrogen) atoms. The molecular formula is C11H11ClO2. The molecule has 1 rings (SSSR count). The molecule has 0 N–H and O–H groups in total. The van der Waals surface area contributed by atoms with Crippen molar-refractivity contribution in [3.8, 4) is 5.75 Å². The van der Waals surface area contributed by atoms with Crippen LogP contribution in [-0.2, 0) is 4.79 Å². The molecule has 2 nitrogen and oxygen atoms in total. The van der Waals surface area contributed by atoms with Gasteiger partial charge in [0.15, 0.2) is 0 Å². The van der Waals surface area contributed by atoms with E-state index in [0.29, 0.717) is 18.1 Å². The maximum absolute atomic E-state index is 10.0. The Morgan fingerprint density at radius 2 is 2.00 bits per heavy atom. The lowest BCUT2D eigenvalue weighted by Gasteiger charge is -1.97. The summed E-state index contributed by atoms with van der Waals surface area (Å²) in [5.74, 6) is 1.18. The summed E-state index contributed by atoms with van der Waals surface area (Å²) < 4.78 is 4.66. The van der Waals surface area contributed by atoms with Gasteiger partial charge in [0, 0.05) is 5.88 Å². The summed E-state index contributed by atoms with van der Waals surface area (Å²) in [6, 6.07) is 7.25. The Balaban J connectivity index is 2.58. The number of carbonyl (C=O) groups is 1. The van der Waals surface area contributed by atoms with E-state index in [9.17, 15) is 4.79 Å². The lowest BCUT2D eigenvalue weighted by Crippen LogP contribution is -1.87. The number of carbonyl (C=O) groups excluding carboxylic acids is 1. The SMILES string of the molecule is O=COc1ccc(/C=C\CCCl)cc1. The van der Waals surface area contributed by atoms with Crippen LogP contribution in [0.4, 0.5) is 0 Å². The van der Waals surface area contributed by atoms with E-state index in [1.807, 2.05) is 24.3 Å². The zero-order chi connectivity index (χ0) is 10.2. The van der Waals surface area contributed by atoms with E-state index in [0.717, 1.165) is 12.0 Å². The summed E-state index contributed by atoms with van der Waals surface area (Å²) in [6.07, 6.45) is 4.84. The normalized spacial score (nSPS) is 10.4. The second-order valence-electron chi connectivity index (χ2n) is 2.66. The monoisotopic (exact) mass is 210 g/mol. The second-order valence-corrected chi connectivity index (χ2v) is 3.04. The number of allylic oxidation sites excluding steroid dienone is 1.